The lowest BCUT2D eigenvalue weighted by Crippen LogP contribution is -2.17. The molecule has 28 heavy (non-hydrogen) atoms. The normalized spacial score (nSPS) is 11.7. The molecule has 0 aliphatic heterocycles. The van der Waals surface area contributed by atoms with Crippen LogP contribution in [-0.4, -0.2) is 31.6 Å². The third-order valence-corrected chi connectivity index (χ3v) is 6.00. The molecule has 4 rings (SSSR count). The first-order valence-corrected chi connectivity index (χ1v) is 10.5. The molecule has 0 fully saturated rings. The van der Waals surface area contributed by atoms with Crippen molar-refractivity contribution in [3.8, 4) is 22.0 Å². The van der Waals surface area contributed by atoms with Crippen molar-refractivity contribution in [1.29, 1.82) is 0 Å². The molecular formula is C16H10F3N5OS3. The van der Waals surface area contributed by atoms with Crippen LogP contribution < -0.4 is 4.74 Å². The molecule has 4 aromatic rings. The molecule has 0 aliphatic rings. The molecule has 3 aromatic heterocycles. The van der Waals surface area contributed by atoms with Crippen LogP contribution in [0.2, 0.25) is 0 Å². The molecule has 1 aromatic carbocycles. The minimum absolute atomic E-state index is 0.304. The summed E-state index contributed by atoms with van der Waals surface area (Å²) in [5, 5.41) is 19.0. The Kier molecular flexibility index (Phi) is 5.33. The number of thiazole rings is 1. The fraction of sp³-hybridized carbons (Fsp3) is 0.125. The number of thiophene rings is 1. The van der Waals surface area contributed by atoms with Gasteiger partial charge in [-0.15, -0.1) is 29.6 Å². The number of aromatic nitrogens is 5. The van der Waals surface area contributed by atoms with Crippen molar-refractivity contribution in [3.63, 3.8) is 0 Å². The molecule has 0 saturated carbocycles. The summed E-state index contributed by atoms with van der Waals surface area (Å²) in [6.07, 6.45) is -4.73. The summed E-state index contributed by atoms with van der Waals surface area (Å²) in [5.41, 5.74) is 2.52. The highest BCUT2D eigenvalue weighted by Crippen LogP contribution is 2.29. The molecule has 144 valence electrons. The first kappa shape index (κ1) is 18.9. The third kappa shape index (κ3) is 4.51. The van der Waals surface area contributed by atoms with Gasteiger partial charge in [-0.05, 0) is 46.1 Å². The molecule has 0 atom stereocenters. The van der Waals surface area contributed by atoms with Crippen molar-refractivity contribution < 1.29 is 17.9 Å². The van der Waals surface area contributed by atoms with Gasteiger partial charge in [-0.2, -0.15) is 16.0 Å². The SMILES string of the molecule is FC(F)(F)Oc1ccc(-n2nnnc2SCc2csc(-c3ccsc3)n2)cc1. The van der Waals surface area contributed by atoms with Gasteiger partial charge in [0.15, 0.2) is 0 Å². The van der Waals surface area contributed by atoms with Crippen LogP contribution in [0.15, 0.2) is 51.6 Å². The summed E-state index contributed by atoms with van der Waals surface area (Å²) in [7, 11) is 0. The highest BCUT2D eigenvalue weighted by atomic mass is 32.2. The van der Waals surface area contributed by atoms with Crippen molar-refractivity contribution >= 4 is 34.4 Å². The van der Waals surface area contributed by atoms with Crippen LogP contribution in [0.3, 0.4) is 0 Å². The fourth-order valence-electron chi connectivity index (χ4n) is 2.25. The van der Waals surface area contributed by atoms with Gasteiger partial charge in [-0.25, -0.2) is 4.98 Å². The zero-order chi connectivity index (χ0) is 19.6. The lowest BCUT2D eigenvalue weighted by molar-refractivity contribution is -0.274. The average molecular weight is 441 g/mol. The van der Waals surface area contributed by atoms with Crippen LogP contribution >= 0.6 is 34.4 Å². The standard InChI is InChI=1S/C16H10F3N5OS3/c17-16(18,19)25-13-3-1-12(2-4-13)24-15(21-22-23-24)28-9-11-8-27-14(20-11)10-5-6-26-7-10/h1-8H,9H2. The molecule has 3 heterocycles. The van der Waals surface area contributed by atoms with E-state index in [-0.39, 0.29) is 5.75 Å². The second-order valence-electron chi connectivity index (χ2n) is 5.36. The molecule has 0 aliphatic carbocycles. The number of hydrogen-bond donors (Lipinski definition) is 0. The number of halogens is 3. The Bertz CT molecular complexity index is 1040. The number of thioether (sulfide) groups is 1. The highest BCUT2D eigenvalue weighted by molar-refractivity contribution is 7.98. The molecule has 0 saturated heterocycles. The number of nitrogens with zero attached hydrogens (tertiary/aromatic N) is 5. The summed E-state index contributed by atoms with van der Waals surface area (Å²) < 4.78 is 42.1. The van der Waals surface area contributed by atoms with Crippen molar-refractivity contribution in [1.82, 2.24) is 25.2 Å². The van der Waals surface area contributed by atoms with Gasteiger partial charge in [-0.3, -0.25) is 0 Å². The Balaban J connectivity index is 1.44. The second kappa shape index (κ2) is 7.89. The van der Waals surface area contributed by atoms with Gasteiger partial charge in [-0.1, -0.05) is 11.8 Å². The van der Waals surface area contributed by atoms with Gasteiger partial charge in [0, 0.05) is 22.1 Å². The molecule has 0 N–H and O–H groups in total. The Labute approximate surface area is 169 Å². The Morgan fingerprint density at radius 1 is 1.11 bits per heavy atom. The van der Waals surface area contributed by atoms with Crippen LogP contribution in [-0.2, 0) is 5.75 Å². The molecule has 12 heteroatoms. The van der Waals surface area contributed by atoms with Crippen molar-refractivity contribution in [2.75, 3.05) is 0 Å². The quantitative estimate of drug-likeness (QED) is 0.391. The predicted molar refractivity (Wildman–Crippen MR) is 101 cm³/mol. The van der Waals surface area contributed by atoms with Gasteiger partial charge in [0.25, 0.3) is 0 Å². The van der Waals surface area contributed by atoms with Crippen molar-refractivity contribution in [2.24, 2.45) is 0 Å². The van der Waals surface area contributed by atoms with E-state index in [0.29, 0.717) is 16.6 Å². The van der Waals surface area contributed by atoms with Gasteiger partial charge < -0.3 is 4.74 Å². The molecule has 0 amide bonds. The highest BCUT2D eigenvalue weighted by Gasteiger charge is 2.31. The molecule has 6 nitrogen and oxygen atoms in total. The van der Waals surface area contributed by atoms with E-state index in [4.69, 9.17) is 0 Å². The van der Waals surface area contributed by atoms with Gasteiger partial charge >= 0.3 is 6.36 Å². The van der Waals surface area contributed by atoms with E-state index < -0.39 is 6.36 Å². The van der Waals surface area contributed by atoms with E-state index in [1.807, 2.05) is 22.2 Å². The topological polar surface area (TPSA) is 65.7 Å². The first-order chi connectivity index (χ1) is 13.5. The minimum Gasteiger partial charge on any atom is -0.406 e. The molecule has 0 spiro atoms. The lowest BCUT2D eigenvalue weighted by Gasteiger charge is -2.09. The maximum atomic E-state index is 12.3. The number of rotatable bonds is 6. The van der Waals surface area contributed by atoms with E-state index in [0.717, 1.165) is 16.3 Å². The summed E-state index contributed by atoms with van der Waals surface area (Å²) >= 11 is 4.58. The second-order valence-corrected chi connectivity index (χ2v) is 7.94. The minimum atomic E-state index is -4.73. The lowest BCUT2D eigenvalue weighted by atomic mass is 10.3. The summed E-state index contributed by atoms with van der Waals surface area (Å²) in [6, 6.07) is 7.37. The number of benzene rings is 1. The van der Waals surface area contributed by atoms with E-state index >= 15 is 0 Å². The number of tetrazole rings is 1. The first-order valence-electron chi connectivity index (χ1n) is 7.72. The van der Waals surface area contributed by atoms with Crippen molar-refractivity contribution in [3.05, 3.63) is 52.2 Å². The monoisotopic (exact) mass is 441 g/mol. The van der Waals surface area contributed by atoms with Gasteiger partial charge in [0.2, 0.25) is 5.16 Å². The number of hydrogen-bond acceptors (Lipinski definition) is 8. The molecule has 0 radical (unpaired) electrons. The molecule has 0 bridgehead atoms. The van der Waals surface area contributed by atoms with Crippen LogP contribution in [0.4, 0.5) is 13.2 Å². The summed E-state index contributed by atoms with van der Waals surface area (Å²) in [6.45, 7) is 0. The summed E-state index contributed by atoms with van der Waals surface area (Å²) in [4.78, 5) is 4.60. The van der Waals surface area contributed by atoms with E-state index in [2.05, 4.69) is 25.2 Å². The zero-order valence-electron chi connectivity index (χ0n) is 13.8. The fourth-order valence-corrected chi connectivity index (χ4v) is 4.67. The smallest absolute Gasteiger partial charge is 0.406 e. The van der Waals surface area contributed by atoms with E-state index in [1.165, 1.54) is 40.7 Å². The van der Waals surface area contributed by atoms with Crippen molar-refractivity contribution in [2.45, 2.75) is 17.3 Å². The van der Waals surface area contributed by atoms with E-state index in [1.54, 1.807) is 22.7 Å². The third-order valence-electron chi connectivity index (χ3n) is 3.42. The summed E-state index contributed by atoms with van der Waals surface area (Å²) in [5.74, 6) is 0.262. The predicted octanol–water partition coefficient (Wildman–Crippen LogP) is 5.04. The van der Waals surface area contributed by atoms with Crippen LogP contribution in [0.25, 0.3) is 16.3 Å². The molecular weight excluding hydrogens is 431 g/mol. The van der Waals surface area contributed by atoms with Gasteiger partial charge in [0.05, 0.1) is 11.4 Å². The maximum Gasteiger partial charge on any atom is 0.573 e. The van der Waals surface area contributed by atoms with Gasteiger partial charge in [0.1, 0.15) is 10.8 Å². The Hall–Kier alpha value is -2.44. The van der Waals surface area contributed by atoms with E-state index in [9.17, 15) is 13.2 Å². The molecule has 0 unspecified atom stereocenters. The van der Waals surface area contributed by atoms with Crippen LogP contribution in [0.5, 0.6) is 5.75 Å². The Morgan fingerprint density at radius 3 is 2.64 bits per heavy atom. The largest absolute Gasteiger partial charge is 0.573 e. The average Bonchev–Trinajstić information content (AvgIpc) is 3.40. The maximum absolute atomic E-state index is 12.3. The van der Waals surface area contributed by atoms with Crippen LogP contribution in [0, 0.1) is 0 Å². The zero-order valence-corrected chi connectivity index (χ0v) is 16.3. The Morgan fingerprint density at radius 2 is 1.93 bits per heavy atom. The number of ether oxygens (including phenoxy) is 1. The van der Waals surface area contributed by atoms with Crippen LogP contribution in [0.1, 0.15) is 5.69 Å². The number of alkyl halides is 3.